The van der Waals surface area contributed by atoms with Crippen LogP contribution in [0.3, 0.4) is 0 Å². The van der Waals surface area contributed by atoms with Crippen LogP contribution >= 0.6 is 0 Å². The molecule has 1 aliphatic heterocycles. The number of rotatable bonds is 6. The highest BCUT2D eigenvalue weighted by Crippen LogP contribution is 2.22. The van der Waals surface area contributed by atoms with Gasteiger partial charge >= 0.3 is 5.97 Å². The van der Waals surface area contributed by atoms with E-state index in [0.29, 0.717) is 28.9 Å². The molecule has 2 aromatic carbocycles. The summed E-state index contributed by atoms with van der Waals surface area (Å²) in [5, 5.41) is 0. The van der Waals surface area contributed by atoms with Crippen LogP contribution < -0.4 is 4.74 Å². The topological polar surface area (TPSA) is 72.9 Å². The van der Waals surface area contributed by atoms with E-state index in [0.717, 1.165) is 0 Å². The minimum absolute atomic E-state index is 0.123. The highest BCUT2D eigenvalue weighted by atomic mass is 16.5. The molecule has 6 heteroatoms. The summed E-state index contributed by atoms with van der Waals surface area (Å²) in [6, 6.07) is 13.3. The highest BCUT2D eigenvalue weighted by molar-refractivity contribution is 6.21. The average molecular weight is 339 g/mol. The molecule has 3 rings (SSSR count). The molecule has 0 bridgehead atoms. The van der Waals surface area contributed by atoms with Gasteiger partial charge in [0.15, 0.2) is 0 Å². The largest absolute Gasteiger partial charge is 0.497 e. The Morgan fingerprint density at radius 3 is 2.12 bits per heavy atom. The Morgan fingerprint density at radius 1 is 0.960 bits per heavy atom. The van der Waals surface area contributed by atoms with Gasteiger partial charge in [-0.1, -0.05) is 12.1 Å². The summed E-state index contributed by atoms with van der Waals surface area (Å²) >= 11 is 0. The molecule has 0 unspecified atom stereocenters. The predicted octanol–water partition coefficient (Wildman–Crippen LogP) is 2.54. The minimum Gasteiger partial charge on any atom is -0.497 e. The van der Waals surface area contributed by atoms with E-state index in [-0.39, 0.29) is 25.0 Å². The van der Waals surface area contributed by atoms with E-state index in [1.54, 1.807) is 55.6 Å². The van der Waals surface area contributed by atoms with Crippen molar-refractivity contribution in [1.82, 2.24) is 4.90 Å². The molecule has 0 fully saturated rings. The summed E-state index contributed by atoms with van der Waals surface area (Å²) < 4.78 is 10.2. The van der Waals surface area contributed by atoms with Crippen molar-refractivity contribution in [2.75, 3.05) is 20.3 Å². The zero-order valence-electron chi connectivity index (χ0n) is 13.7. The highest BCUT2D eigenvalue weighted by Gasteiger charge is 2.34. The lowest BCUT2D eigenvalue weighted by Gasteiger charge is -2.13. The van der Waals surface area contributed by atoms with E-state index in [4.69, 9.17) is 9.47 Å². The van der Waals surface area contributed by atoms with Crippen molar-refractivity contribution in [3.63, 3.8) is 0 Å². The van der Waals surface area contributed by atoms with Crippen molar-refractivity contribution in [3.8, 4) is 5.75 Å². The number of nitrogens with zero attached hydrogens (tertiary/aromatic N) is 1. The van der Waals surface area contributed by atoms with Crippen molar-refractivity contribution in [2.24, 2.45) is 0 Å². The Bertz CT molecular complexity index is 778. The molecule has 128 valence electrons. The third kappa shape index (κ3) is 3.38. The summed E-state index contributed by atoms with van der Waals surface area (Å²) in [5.41, 5.74) is 1.26. The Morgan fingerprint density at radius 2 is 1.56 bits per heavy atom. The Hall–Kier alpha value is -3.15. The second-order valence-corrected chi connectivity index (χ2v) is 5.53. The van der Waals surface area contributed by atoms with Gasteiger partial charge in [0, 0.05) is 6.54 Å². The molecule has 0 saturated carbocycles. The zero-order valence-corrected chi connectivity index (χ0v) is 13.7. The van der Waals surface area contributed by atoms with Crippen molar-refractivity contribution in [1.29, 1.82) is 0 Å². The molecule has 0 atom stereocenters. The Kier molecular flexibility index (Phi) is 4.79. The first-order valence-electron chi connectivity index (χ1n) is 7.88. The smallest absolute Gasteiger partial charge is 0.338 e. The van der Waals surface area contributed by atoms with Crippen LogP contribution in [0.4, 0.5) is 0 Å². The van der Waals surface area contributed by atoms with E-state index in [1.165, 1.54) is 4.90 Å². The van der Waals surface area contributed by atoms with Crippen molar-refractivity contribution >= 4 is 17.8 Å². The zero-order chi connectivity index (χ0) is 17.8. The number of imide groups is 1. The summed E-state index contributed by atoms with van der Waals surface area (Å²) in [4.78, 5) is 37.5. The molecule has 1 heterocycles. The number of ether oxygens (including phenoxy) is 2. The summed E-state index contributed by atoms with van der Waals surface area (Å²) in [7, 11) is 1.55. The molecule has 0 N–H and O–H groups in total. The van der Waals surface area contributed by atoms with Gasteiger partial charge in [0.05, 0.1) is 30.4 Å². The molecular weight excluding hydrogens is 322 g/mol. The first kappa shape index (κ1) is 16.7. The quantitative estimate of drug-likeness (QED) is 0.459. The van der Waals surface area contributed by atoms with Crippen molar-refractivity contribution in [3.05, 3.63) is 65.2 Å². The summed E-state index contributed by atoms with van der Waals surface area (Å²) in [6.45, 7) is 0.334. The number of hydrogen-bond acceptors (Lipinski definition) is 5. The summed E-state index contributed by atoms with van der Waals surface area (Å²) in [6.07, 6.45) is 0.382. The monoisotopic (exact) mass is 339 g/mol. The van der Waals surface area contributed by atoms with Gasteiger partial charge in [0.2, 0.25) is 0 Å². The van der Waals surface area contributed by atoms with E-state index in [1.807, 2.05) is 0 Å². The SMILES string of the molecule is COc1ccc(C(=O)OCCCN2C(=O)c3ccccc3C2=O)cc1. The van der Waals surface area contributed by atoms with E-state index in [9.17, 15) is 14.4 Å². The number of amides is 2. The van der Waals surface area contributed by atoms with Crippen molar-refractivity contribution in [2.45, 2.75) is 6.42 Å². The minimum atomic E-state index is -0.454. The fourth-order valence-electron chi connectivity index (χ4n) is 2.64. The molecule has 0 aromatic heterocycles. The fourth-order valence-corrected chi connectivity index (χ4v) is 2.64. The molecule has 2 aromatic rings. The van der Waals surface area contributed by atoms with Gasteiger partial charge in [-0.05, 0) is 42.8 Å². The first-order valence-corrected chi connectivity index (χ1v) is 7.88. The van der Waals surface area contributed by atoms with Gasteiger partial charge in [0.25, 0.3) is 11.8 Å². The number of fused-ring (bicyclic) bond motifs is 1. The van der Waals surface area contributed by atoms with Crippen LogP contribution in [0.15, 0.2) is 48.5 Å². The predicted molar refractivity (Wildman–Crippen MR) is 89.7 cm³/mol. The maximum Gasteiger partial charge on any atom is 0.338 e. The van der Waals surface area contributed by atoms with E-state index in [2.05, 4.69) is 0 Å². The van der Waals surface area contributed by atoms with Gasteiger partial charge in [-0.15, -0.1) is 0 Å². The molecule has 2 amide bonds. The average Bonchev–Trinajstić information content (AvgIpc) is 2.90. The van der Waals surface area contributed by atoms with Gasteiger partial charge in [-0.25, -0.2) is 4.79 Å². The lowest BCUT2D eigenvalue weighted by atomic mass is 10.1. The molecule has 0 saturated heterocycles. The molecule has 25 heavy (non-hydrogen) atoms. The third-order valence-corrected chi connectivity index (χ3v) is 3.96. The number of methoxy groups -OCH3 is 1. The third-order valence-electron chi connectivity index (χ3n) is 3.96. The number of esters is 1. The van der Waals surface area contributed by atoms with Crippen LogP contribution in [0.1, 0.15) is 37.5 Å². The standard InChI is InChI=1S/C19H17NO5/c1-24-14-9-7-13(8-10-14)19(23)25-12-4-11-20-17(21)15-5-2-3-6-16(15)18(20)22/h2-3,5-10H,4,11-12H2,1H3. The van der Waals surface area contributed by atoms with Gasteiger partial charge in [-0.3, -0.25) is 14.5 Å². The van der Waals surface area contributed by atoms with Crippen LogP contribution in [-0.2, 0) is 4.74 Å². The number of carbonyl (C=O) groups is 3. The van der Waals surface area contributed by atoms with Gasteiger partial charge < -0.3 is 9.47 Å². The molecule has 6 nitrogen and oxygen atoms in total. The molecule has 0 aliphatic carbocycles. The van der Waals surface area contributed by atoms with Crippen LogP contribution in [0.25, 0.3) is 0 Å². The Balaban J connectivity index is 1.50. The van der Waals surface area contributed by atoms with Gasteiger partial charge in [-0.2, -0.15) is 0 Å². The Labute approximate surface area is 145 Å². The first-order chi connectivity index (χ1) is 12.1. The second-order valence-electron chi connectivity index (χ2n) is 5.53. The van der Waals surface area contributed by atoms with Crippen LogP contribution in [-0.4, -0.2) is 42.9 Å². The van der Waals surface area contributed by atoms with E-state index < -0.39 is 5.97 Å². The molecule has 0 radical (unpaired) electrons. The van der Waals surface area contributed by atoms with Crippen LogP contribution in [0.5, 0.6) is 5.75 Å². The molecule has 1 aliphatic rings. The fraction of sp³-hybridized carbons (Fsp3) is 0.211. The van der Waals surface area contributed by atoms with Crippen LogP contribution in [0, 0.1) is 0 Å². The van der Waals surface area contributed by atoms with Crippen molar-refractivity contribution < 1.29 is 23.9 Å². The maximum absolute atomic E-state index is 12.2. The normalized spacial score (nSPS) is 12.9. The maximum atomic E-state index is 12.2. The molecule has 0 spiro atoms. The number of benzene rings is 2. The van der Waals surface area contributed by atoms with Gasteiger partial charge in [0.1, 0.15) is 5.75 Å². The second kappa shape index (κ2) is 7.17. The lowest BCUT2D eigenvalue weighted by Crippen LogP contribution is -2.31. The summed E-state index contributed by atoms with van der Waals surface area (Å²) in [5.74, 6) is -0.406. The number of hydrogen-bond donors (Lipinski definition) is 0. The molecular formula is C19H17NO5. The van der Waals surface area contributed by atoms with E-state index >= 15 is 0 Å². The number of carbonyl (C=O) groups excluding carboxylic acids is 3. The van der Waals surface area contributed by atoms with Crippen LogP contribution in [0.2, 0.25) is 0 Å². The lowest BCUT2D eigenvalue weighted by molar-refractivity contribution is 0.0482.